The van der Waals surface area contributed by atoms with Crippen LogP contribution >= 0.6 is 23.2 Å². The van der Waals surface area contributed by atoms with E-state index in [0.29, 0.717) is 12.8 Å². The highest BCUT2D eigenvalue weighted by Gasteiger charge is 2.38. The van der Waals surface area contributed by atoms with Crippen molar-refractivity contribution in [3.8, 4) is 17.6 Å². The Morgan fingerprint density at radius 2 is 1.15 bits per heavy atom. The molecule has 378 valence electrons. The Hall–Kier alpha value is -6.21. The number of rotatable bonds is 29. The fraction of sp³-hybridized carbons (Fsp3) is 0.456. The van der Waals surface area contributed by atoms with E-state index < -0.39 is 35.2 Å². The van der Waals surface area contributed by atoms with Gasteiger partial charge in [0.25, 0.3) is 23.1 Å². The summed E-state index contributed by atoms with van der Waals surface area (Å²) in [5.41, 5.74) is -0.968. The van der Waals surface area contributed by atoms with Gasteiger partial charge >= 0.3 is 11.9 Å². The third kappa shape index (κ3) is 16.4. The molecule has 1 aliphatic heterocycles. The number of imide groups is 1. The number of allylic oxidation sites excluding steroid dienone is 4. The molecule has 1 aliphatic rings. The number of ether oxygens (including phenoxy) is 2. The van der Waals surface area contributed by atoms with Crippen LogP contribution in [0.1, 0.15) is 187 Å². The molecule has 4 rings (SSSR count). The number of nitriles is 1. The van der Waals surface area contributed by atoms with E-state index in [1.165, 1.54) is 158 Å². The van der Waals surface area contributed by atoms with Crippen LogP contribution in [0.2, 0.25) is 10.0 Å². The molecule has 0 radical (unpaired) electrons. The number of aromatic nitrogens is 1. The van der Waals surface area contributed by atoms with E-state index in [1.807, 2.05) is 6.07 Å². The molecule has 2 aromatic carbocycles. The standard InChI is InChI=1S/C57H68Cl2N4O8/c1-6-8-10-12-14-16-18-20-22-27-35-70-56(68)42-31-33-47(58)49(37-42)62-52(64)44(40(3)46(39-60)54(62)66)29-25-24-26-30-45-41(4)51(61-5)55(67)63(53(45)65)50-38-43(32-34-48(50)59)57(69)71-36-28-23-21-19-17-15-13-11-9-7-2/h24-26,29-34,37-38,64H,6-23,27-28,35-36H2,1-4H3/b26-24?,29-25?,45-30-. The number of amides is 2. The van der Waals surface area contributed by atoms with Crippen LogP contribution in [-0.2, 0) is 19.1 Å². The fourth-order valence-corrected chi connectivity index (χ4v) is 8.73. The SMILES string of the molecule is [C-]#[N+]C1=C(C)/C(=C/C=CC=Cc2c(C)c(C#N)c(=O)n(-c3cc(C(=O)OCCCCCCCCCCCC)ccc3Cl)c2O)C(=O)N(c2cc(C(=O)OCCCCCCCCCCCC)ccc2Cl)C1=O. The van der Waals surface area contributed by atoms with E-state index >= 15 is 0 Å². The van der Waals surface area contributed by atoms with Gasteiger partial charge in [-0.15, -0.1) is 0 Å². The predicted octanol–water partition coefficient (Wildman–Crippen LogP) is 14.4. The first-order chi connectivity index (χ1) is 34.3. The number of halogens is 2. The minimum atomic E-state index is -0.900. The second-order valence-corrected chi connectivity index (χ2v) is 18.6. The number of anilines is 1. The molecule has 0 bridgehead atoms. The molecule has 0 fully saturated rings. The number of carbonyl (C=O) groups excluding carboxylic acids is 4. The summed E-state index contributed by atoms with van der Waals surface area (Å²) in [7, 11) is 0. The lowest BCUT2D eigenvalue weighted by Crippen LogP contribution is -2.42. The molecular weight excluding hydrogens is 940 g/mol. The third-order valence-electron chi connectivity index (χ3n) is 12.5. The highest BCUT2D eigenvalue weighted by Crippen LogP contribution is 2.36. The Morgan fingerprint density at radius 3 is 1.63 bits per heavy atom. The van der Waals surface area contributed by atoms with Crippen LogP contribution in [0, 0.1) is 24.8 Å². The summed E-state index contributed by atoms with van der Waals surface area (Å²) < 4.78 is 11.9. The van der Waals surface area contributed by atoms with E-state index in [4.69, 9.17) is 39.2 Å². The van der Waals surface area contributed by atoms with Crippen LogP contribution < -0.4 is 10.5 Å². The van der Waals surface area contributed by atoms with E-state index in [1.54, 1.807) is 0 Å². The molecule has 2 heterocycles. The molecule has 2 amide bonds. The number of benzene rings is 2. The summed E-state index contributed by atoms with van der Waals surface area (Å²) in [4.78, 5) is 71.7. The van der Waals surface area contributed by atoms with E-state index in [0.717, 1.165) is 48.0 Å². The molecule has 0 unspecified atom stereocenters. The summed E-state index contributed by atoms with van der Waals surface area (Å²) in [6.45, 7) is 15.6. The molecule has 0 atom stereocenters. The molecule has 71 heavy (non-hydrogen) atoms. The van der Waals surface area contributed by atoms with Crippen LogP contribution in [0.4, 0.5) is 5.69 Å². The smallest absolute Gasteiger partial charge is 0.338 e. The lowest BCUT2D eigenvalue weighted by molar-refractivity contribution is -0.123. The highest BCUT2D eigenvalue weighted by atomic mass is 35.5. The Labute approximate surface area is 429 Å². The van der Waals surface area contributed by atoms with Gasteiger partial charge in [0.15, 0.2) is 0 Å². The first-order valence-electron chi connectivity index (χ1n) is 25.2. The summed E-state index contributed by atoms with van der Waals surface area (Å²) in [6, 6.07) is 10.3. The second kappa shape index (κ2) is 30.5. The molecule has 1 aromatic heterocycles. The third-order valence-corrected chi connectivity index (χ3v) is 13.2. The zero-order chi connectivity index (χ0) is 51.7. The number of esters is 2. The van der Waals surface area contributed by atoms with Crippen molar-refractivity contribution < 1.29 is 33.8 Å². The van der Waals surface area contributed by atoms with Crippen LogP contribution in [-0.4, -0.2) is 46.6 Å². The number of pyridine rings is 1. The second-order valence-electron chi connectivity index (χ2n) is 17.8. The quantitative estimate of drug-likeness (QED) is 0.0178. The molecule has 0 aliphatic carbocycles. The number of carbonyl (C=O) groups is 4. The average molecular weight is 1010 g/mol. The van der Waals surface area contributed by atoms with Gasteiger partial charge in [-0.3, -0.25) is 19.3 Å². The van der Waals surface area contributed by atoms with Crippen LogP contribution in [0.25, 0.3) is 16.6 Å². The Morgan fingerprint density at radius 1 is 0.690 bits per heavy atom. The van der Waals surface area contributed by atoms with Gasteiger partial charge < -0.3 is 14.6 Å². The lowest BCUT2D eigenvalue weighted by atomic mass is 9.97. The van der Waals surface area contributed by atoms with Crippen molar-refractivity contribution in [2.45, 2.75) is 156 Å². The molecule has 0 saturated heterocycles. The molecule has 1 N–H and O–H groups in total. The van der Waals surface area contributed by atoms with Crippen molar-refractivity contribution in [2.24, 2.45) is 0 Å². The number of hydrogen-bond donors (Lipinski definition) is 1. The van der Waals surface area contributed by atoms with Gasteiger partial charge in [-0.2, -0.15) is 5.26 Å². The summed E-state index contributed by atoms with van der Waals surface area (Å²) in [5.74, 6) is -3.49. The van der Waals surface area contributed by atoms with Gasteiger partial charge in [0.05, 0.1) is 52.3 Å². The summed E-state index contributed by atoms with van der Waals surface area (Å²) in [5, 5.41) is 21.6. The first kappa shape index (κ1) is 57.4. The Balaban J connectivity index is 1.47. The summed E-state index contributed by atoms with van der Waals surface area (Å²) >= 11 is 13.1. The molecule has 0 saturated carbocycles. The van der Waals surface area contributed by atoms with Crippen molar-refractivity contribution in [1.82, 2.24) is 4.57 Å². The number of aromatic hydroxyl groups is 1. The van der Waals surface area contributed by atoms with Crippen molar-refractivity contribution in [1.29, 1.82) is 5.26 Å². The van der Waals surface area contributed by atoms with Crippen molar-refractivity contribution in [3.05, 3.63) is 137 Å². The Kier molecular flexibility index (Phi) is 24.7. The van der Waals surface area contributed by atoms with Crippen LogP contribution in [0.5, 0.6) is 5.88 Å². The van der Waals surface area contributed by atoms with E-state index in [2.05, 4.69) is 18.7 Å². The van der Waals surface area contributed by atoms with Gasteiger partial charge in [-0.1, -0.05) is 177 Å². The van der Waals surface area contributed by atoms with Gasteiger partial charge in [-0.05, 0) is 80.3 Å². The minimum Gasteiger partial charge on any atom is -0.494 e. The first-order valence-corrected chi connectivity index (χ1v) is 25.9. The molecular formula is C57H68Cl2N4O8. The fourth-order valence-electron chi connectivity index (χ4n) is 8.32. The molecule has 12 nitrogen and oxygen atoms in total. The normalized spacial score (nSPS) is 13.4. The van der Waals surface area contributed by atoms with Crippen molar-refractivity contribution in [3.63, 3.8) is 0 Å². The number of hydrogen-bond acceptors (Lipinski definition) is 9. The van der Waals surface area contributed by atoms with Crippen molar-refractivity contribution >= 4 is 58.7 Å². The van der Waals surface area contributed by atoms with Gasteiger partial charge in [0.1, 0.15) is 11.6 Å². The average Bonchev–Trinajstić information content (AvgIpc) is 3.35. The maximum absolute atomic E-state index is 14.0. The van der Waals surface area contributed by atoms with E-state index in [-0.39, 0.29) is 79.3 Å². The maximum Gasteiger partial charge on any atom is 0.338 e. The van der Waals surface area contributed by atoms with Gasteiger partial charge in [0, 0.05) is 11.1 Å². The number of unbranched alkanes of at least 4 members (excludes halogenated alkanes) is 18. The van der Waals surface area contributed by atoms with Gasteiger partial charge in [-0.25, -0.2) is 19.0 Å². The van der Waals surface area contributed by atoms with Gasteiger partial charge in [0.2, 0.25) is 5.88 Å². The maximum atomic E-state index is 14.0. The zero-order valence-corrected chi connectivity index (χ0v) is 43.3. The minimum absolute atomic E-state index is 0.000407. The molecule has 14 heteroatoms. The van der Waals surface area contributed by atoms with Crippen LogP contribution in [0.15, 0.2) is 82.3 Å². The largest absolute Gasteiger partial charge is 0.494 e. The monoisotopic (exact) mass is 1010 g/mol. The highest BCUT2D eigenvalue weighted by molar-refractivity contribution is 6.38. The van der Waals surface area contributed by atoms with E-state index in [9.17, 15) is 34.3 Å². The van der Waals surface area contributed by atoms with Crippen molar-refractivity contribution in [2.75, 3.05) is 18.1 Å². The topological polar surface area (TPSA) is 160 Å². The molecule has 3 aromatic rings. The Bertz CT molecular complexity index is 2630. The number of nitrogens with zero attached hydrogens (tertiary/aromatic N) is 4. The zero-order valence-electron chi connectivity index (χ0n) is 41.8. The summed E-state index contributed by atoms with van der Waals surface area (Å²) in [6.07, 6.45) is 30.0. The predicted molar refractivity (Wildman–Crippen MR) is 282 cm³/mol. The van der Waals surface area contributed by atoms with Crippen LogP contribution in [0.3, 0.4) is 0 Å². The lowest BCUT2D eigenvalue weighted by Gasteiger charge is -2.28. The molecule has 0 spiro atoms.